The van der Waals surface area contributed by atoms with Crippen LogP contribution < -0.4 is 0 Å². The molecule has 0 spiro atoms. The summed E-state index contributed by atoms with van der Waals surface area (Å²) in [5.74, 6) is 0.868. The summed E-state index contributed by atoms with van der Waals surface area (Å²) in [6.07, 6.45) is 73.6. The van der Waals surface area contributed by atoms with E-state index in [2.05, 4.69) is 32.6 Å². The molecular formula is C65H135NO3SSi. The van der Waals surface area contributed by atoms with Gasteiger partial charge in [-0.2, -0.15) is 12.6 Å². The van der Waals surface area contributed by atoms with Crippen LogP contribution in [0.5, 0.6) is 0 Å². The van der Waals surface area contributed by atoms with Gasteiger partial charge in [-0.1, -0.05) is 336 Å². The summed E-state index contributed by atoms with van der Waals surface area (Å²) < 4.78 is 20.9. The van der Waals surface area contributed by atoms with Gasteiger partial charge in [-0.3, -0.25) is 0 Å². The van der Waals surface area contributed by atoms with Crippen LogP contribution in [0.2, 0.25) is 6.04 Å². The molecule has 0 aromatic rings. The van der Waals surface area contributed by atoms with Gasteiger partial charge in [-0.05, 0) is 50.9 Å². The predicted octanol–water partition coefficient (Wildman–Crippen LogP) is 23.0. The lowest BCUT2D eigenvalue weighted by molar-refractivity contribution is 0.0485. The van der Waals surface area contributed by atoms with Crippen LogP contribution in [0.4, 0.5) is 0 Å². The van der Waals surface area contributed by atoms with Gasteiger partial charge in [0.1, 0.15) is 0 Å². The van der Waals surface area contributed by atoms with E-state index < -0.39 is 8.80 Å². The zero-order valence-electron chi connectivity index (χ0n) is 49.8. The highest BCUT2D eigenvalue weighted by atomic mass is 32.1. The van der Waals surface area contributed by atoms with E-state index in [-0.39, 0.29) is 0 Å². The maximum absolute atomic E-state index is 7.04. The van der Waals surface area contributed by atoms with Crippen molar-refractivity contribution in [3.05, 3.63) is 0 Å². The first-order valence-corrected chi connectivity index (χ1v) is 36.0. The Labute approximate surface area is 456 Å². The smallest absolute Gasteiger partial charge is 0.373 e. The van der Waals surface area contributed by atoms with Crippen LogP contribution in [-0.4, -0.2) is 58.9 Å². The van der Waals surface area contributed by atoms with Gasteiger partial charge in [0, 0.05) is 25.8 Å². The van der Waals surface area contributed by atoms with Crippen molar-refractivity contribution in [2.75, 3.05) is 45.2 Å². The van der Waals surface area contributed by atoms with Gasteiger partial charge in [-0.15, -0.1) is 0 Å². The van der Waals surface area contributed by atoms with Gasteiger partial charge >= 0.3 is 8.80 Å². The molecule has 0 aromatic heterocycles. The largest absolute Gasteiger partial charge is 0.501 e. The average Bonchev–Trinajstić information content (AvgIpc) is 3.38. The molecule has 0 radical (unpaired) electrons. The molecule has 0 N–H and O–H groups in total. The maximum Gasteiger partial charge on any atom is 0.501 e. The molecule has 0 bridgehead atoms. The molecule has 0 saturated heterocycles. The summed E-state index contributed by atoms with van der Waals surface area (Å²) in [5, 5.41) is 0. The van der Waals surface area contributed by atoms with Gasteiger partial charge in [0.2, 0.25) is 0 Å². The van der Waals surface area contributed by atoms with Crippen molar-refractivity contribution < 1.29 is 13.3 Å². The molecule has 0 aliphatic carbocycles. The van der Waals surface area contributed by atoms with E-state index in [9.17, 15) is 0 Å². The Morgan fingerprint density at radius 3 is 0.690 bits per heavy atom. The highest BCUT2D eigenvalue weighted by Crippen LogP contribution is 2.23. The molecule has 0 amide bonds. The molecule has 0 unspecified atom stereocenters. The Morgan fingerprint density at radius 1 is 0.239 bits per heavy atom. The zero-order valence-corrected chi connectivity index (χ0v) is 51.6. The molecular weight excluding hydrogens is 903 g/mol. The van der Waals surface area contributed by atoms with Crippen LogP contribution in [0.25, 0.3) is 0 Å². The maximum atomic E-state index is 7.04. The Bertz CT molecular complexity index is 880. The van der Waals surface area contributed by atoms with E-state index in [0.29, 0.717) is 0 Å². The molecule has 0 saturated carbocycles. The van der Waals surface area contributed by atoms with Crippen molar-refractivity contribution in [1.29, 1.82) is 0 Å². The normalized spacial score (nSPS) is 12.1. The van der Waals surface area contributed by atoms with E-state index in [1.807, 2.05) is 0 Å². The Hall–Kier alpha value is 0.407. The number of rotatable bonds is 65. The molecule has 0 heterocycles. The molecule has 6 heteroatoms. The third kappa shape index (κ3) is 56.4. The molecule has 0 aliphatic rings. The number of nitrogens with zero attached hydrogens (tertiary/aromatic N) is 1. The van der Waals surface area contributed by atoms with Crippen molar-refractivity contribution in [3.63, 3.8) is 0 Å². The average molecular weight is 1040 g/mol. The highest BCUT2D eigenvalue weighted by molar-refractivity contribution is 7.80. The minimum absolute atomic E-state index is 0.742. The Morgan fingerprint density at radius 2 is 0.451 bits per heavy atom. The van der Waals surface area contributed by atoms with E-state index in [4.69, 9.17) is 25.9 Å². The van der Waals surface area contributed by atoms with E-state index in [1.165, 1.54) is 334 Å². The van der Waals surface area contributed by atoms with Crippen molar-refractivity contribution in [2.24, 2.45) is 0 Å². The summed E-state index contributed by atoms with van der Waals surface area (Å²) in [5.41, 5.74) is 0. The fourth-order valence-corrected chi connectivity index (χ4v) is 13.8. The third-order valence-electron chi connectivity index (χ3n) is 15.7. The molecule has 4 nitrogen and oxygen atoms in total. The molecule has 0 aliphatic heterocycles. The molecule has 0 rings (SSSR count). The van der Waals surface area contributed by atoms with Crippen LogP contribution in [-0.2, 0) is 13.3 Å². The monoisotopic (exact) mass is 1040 g/mol. The van der Waals surface area contributed by atoms with Gasteiger partial charge in [-0.25, -0.2) is 0 Å². The Balaban J connectivity index is 5.08. The van der Waals surface area contributed by atoms with Crippen LogP contribution in [0.3, 0.4) is 0 Å². The lowest BCUT2D eigenvalue weighted by Gasteiger charge is -2.31. The topological polar surface area (TPSA) is 30.9 Å². The van der Waals surface area contributed by atoms with Crippen LogP contribution in [0.15, 0.2) is 0 Å². The summed E-state index contributed by atoms with van der Waals surface area (Å²) in [7, 11) is -2.81. The lowest BCUT2D eigenvalue weighted by Crippen LogP contribution is -2.48. The first-order chi connectivity index (χ1) is 35.2. The van der Waals surface area contributed by atoms with Crippen LogP contribution in [0, 0.1) is 0 Å². The summed E-state index contributed by atoms with van der Waals surface area (Å²) in [6, 6.07) is 0.908. The van der Waals surface area contributed by atoms with Crippen molar-refractivity contribution >= 4 is 21.4 Å². The quantitative estimate of drug-likeness (QED) is 0.0374. The number of hydrogen-bond acceptors (Lipinski definition) is 5. The fourth-order valence-electron chi connectivity index (χ4n) is 10.7. The third-order valence-corrected chi connectivity index (χ3v) is 18.9. The zero-order chi connectivity index (χ0) is 51.3. The van der Waals surface area contributed by atoms with Crippen molar-refractivity contribution in [3.8, 4) is 0 Å². The number of thiol groups is 1. The second-order valence-corrected chi connectivity index (χ2v) is 26.0. The number of hydrogen-bond donors (Lipinski definition) is 1. The van der Waals surface area contributed by atoms with Crippen LogP contribution >= 0.6 is 12.6 Å². The van der Waals surface area contributed by atoms with E-state index in [0.717, 1.165) is 57.4 Å². The Kier molecular flexibility index (Phi) is 63.3. The summed E-state index contributed by atoms with van der Waals surface area (Å²) >= 11 is 4.69. The standard InChI is InChI=1S/C65H135NO3SSi/c1-5-9-13-17-21-25-29-31-33-35-37-39-43-47-51-55-61-67-71(65-57-64-70,68-62-56-52-48-44-40-38-36-34-32-30-26-22-18-14-10-6-2)69-63-60-66(58-53-49-45-41-27-23-19-15-11-7-3)59-54-50-46-42-28-24-20-16-12-8-4/h70H,5-65H2,1-4H3. The molecule has 0 aromatic carbocycles. The molecule has 428 valence electrons. The van der Waals surface area contributed by atoms with Gasteiger partial charge in [0.15, 0.2) is 0 Å². The lowest BCUT2D eigenvalue weighted by atomic mass is 10.0. The van der Waals surface area contributed by atoms with Crippen LogP contribution in [0.1, 0.15) is 368 Å². The van der Waals surface area contributed by atoms with Gasteiger partial charge in [0.05, 0.1) is 6.61 Å². The minimum atomic E-state index is -2.81. The summed E-state index contributed by atoms with van der Waals surface area (Å²) in [4.78, 5) is 2.75. The fraction of sp³-hybridized carbons (Fsp3) is 1.00. The molecule has 0 fully saturated rings. The first kappa shape index (κ1) is 71.4. The van der Waals surface area contributed by atoms with E-state index in [1.54, 1.807) is 0 Å². The van der Waals surface area contributed by atoms with Crippen molar-refractivity contribution in [2.45, 2.75) is 374 Å². The van der Waals surface area contributed by atoms with Gasteiger partial charge in [0.25, 0.3) is 0 Å². The van der Waals surface area contributed by atoms with E-state index >= 15 is 0 Å². The second-order valence-electron chi connectivity index (χ2n) is 22.9. The number of unbranched alkanes of at least 4 members (excludes halogenated alkanes) is 48. The first-order valence-electron chi connectivity index (χ1n) is 33.4. The molecule has 0 atom stereocenters. The van der Waals surface area contributed by atoms with Gasteiger partial charge < -0.3 is 18.2 Å². The predicted molar refractivity (Wildman–Crippen MR) is 326 cm³/mol. The molecule has 71 heavy (non-hydrogen) atoms. The SMILES string of the molecule is CCCCCCCCCCCCCCCCCCO[Si](CCCS)(OCCCCCCCCCCCCCCCCCC)OCCN(CCCCCCCCCCCC)CCCCCCCCCCCC. The highest BCUT2D eigenvalue weighted by Gasteiger charge is 2.40. The minimum Gasteiger partial charge on any atom is -0.373 e. The van der Waals surface area contributed by atoms with Crippen molar-refractivity contribution in [1.82, 2.24) is 4.90 Å². The summed E-state index contributed by atoms with van der Waals surface area (Å²) in [6.45, 7) is 15.0. The second kappa shape index (κ2) is 62.9.